The Kier molecular flexibility index (Phi) is 4.13. The zero-order valence-electron chi connectivity index (χ0n) is 10.2. The molecule has 0 amide bonds. The van der Waals surface area contributed by atoms with E-state index in [1.54, 1.807) is 30.1 Å². The Bertz CT molecular complexity index is 585. The number of nitrogens with zero attached hydrogens (tertiary/aromatic N) is 3. The lowest BCUT2D eigenvalue weighted by Gasteiger charge is -2.09. The quantitative estimate of drug-likeness (QED) is 0.902. The van der Waals surface area contributed by atoms with Crippen molar-refractivity contribution in [2.24, 2.45) is 0 Å². The number of rotatable bonds is 5. The Hall–Kier alpha value is -1.92. The average Bonchev–Trinajstić information content (AvgIpc) is 2.76. The van der Waals surface area contributed by atoms with Crippen molar-refractivity contribution in [3.05, 3.63) is 35.2 Å². The van der Waals surface area contributed by atoms with Crippen LogP contribution >= 0.6 is 11.6 Å². The van der Waals surface area contributed by atoms with Crippen LogP contribution in [0.25, 0.3) is 11.4 Å². The average molecular weight is 282 g/mol. The van der Waals surface area contributed by atoms with Crippen LogP contribution in [-0.4, -0.2) is 39.7 Å². The summed E-state index contributed by atoms with van der Waals surface area (Å²) in [5.41, 5.74) is 0.753. The van der Waals surface area contributed by atoms with Gasteiger partial charge in [-0.05, 0) is 19.2 Å². The standard InChI is InChI=1S/C12H12ClN3O3/c1-16(7-11(17)18)6-10-14-12(15-19-10)8-3-2-4-9(13)5-8/h2-5H,6-7H2,1H3,(H,17,18). The van der Waals surface area contributed by atoms with Crippen molar-refractivity contribution in [3.8, 4) is 11.4 Å². The highest BCUT2D eigenvalue weighted by atomic mass is 35.5. The second-order valence-electron chi connectivity index (χ2n) is 4.09. The smallest absolute Gasteiger partial charge is 0.317 e. The van der Waals surface area contributed by atoms with Gasteiger partial charge in [0.1, 0.15) is 0 Å². The molecule has 0 radical (unpaired) electrons. The van der Waals surface area contributed by atoms with Crippen LogP contribution in [0.5, 0.6) is 0 Å². The Labute approximate surface area is 114 Å². The van der Waals surface area contributed by atoms with E-state index in [0.29, 0.717) is 16.7 Å². The SMILES string of the molecule is CN(CC(=O)O)Cc1nc(-c2cccc(Cl)c2)no1. The van der Waals surface area contributed by atoms with Crippen LogP contribution in [-0.2, 0) is 11.3 Å². The van der Waals surface area contributed by atoms with E-state index >= 15 is 0 Å². The van der Waals surface area contributed by atoms with E-state index in [4.69, 9.17) is 21.2 Å². The van der Waals surface area contributed by atoms with Crippen molar-refractivity contribution in [3.63, 3.8) is 0 Å². The molecule has 0 aliphatic rings. The number of aliphatic carboxylic acids is 1. The summed E-state index contributed by atoms with van der Waals surface area (Å²) in [5, 5.41) is 13.1. The highest BCUT2D eigenvalue weighted by Gasteiger charge is 2.12. The van der Waals surface area contributed by atoms with Gasteiger partial charge in [0.05, 0.1) is 13.1 Å². The Morgan fingerprint density at radius 3 is 3.00 bits per heavy atom. The van der Waals surface area contributed by atoms with Crippen molar-refractivity contribution in [1.82, 2.24) is 15.0 Å². The van der Waals surface area contributed by atoms with Gasteiger partial charge < -0.3 is 9.63 Å². The van der Waals surface area contributed by atoms with E-state index in [9.17, 15) is 4.79 Å². The van der Waals surface area contributed by atoms with E-state index < -0.39 is 5.97 Å². The number of carbonyl (C=O) groups is 1. The summed E-state index contributed by atoms with van der Waals surface area (Å²) in [6.07, 6.45) is 0. The van der Waals surface area contributed by atoms with Crippen molar-refractivity contribution in [1.29, 1.82) is 0 Å². The third-order valence-electron chi connectivity index (χ3n) is 2.36. The Balaban J connectivity index is 2.09. The molecule has 0 aliphatic carbocycles. The van der Waals surface area contributed by atoms with Crippen LogP contribution in [0.1, 0.15) is 5.89 Å². The predicted octanol–water partition coefficient (Wildman–Crippen LogP) is 1.91. The maximum Gasteiger partial charge on any atom is 0.317 e. The molecule has 0 atom stereocenters. The maximum atomic E-state index is 10.5. The first kappa shape index (κ1) is 13.5. The minimum absolute atomic E-state index is 0.0884. The molecule has 100 valence electrons. The number of likely N-dealkylation sites (N-methyl/N-ethyl adjacent to an activating group) is 1. The molecule has 0 bridgehead atoms. The summed E-state index contributed by atoms with van der Waals surface area (Å²) in [6.45, 7) is 0.189. The molecule has 0 unspecified atom stereocenters. The predicted molar refractivity (Wildman–Crippen MR) is 68.7 cm³/mol. The summed E-state index contributed by atoms with van der Waals surface area (Å²) < 4.78 is 5.07. The van der Waals surface area contributed by atoms with Crippen LogP contribution < -0.4 is 0 Å². The van der Waals surface area contributed by atoms with Gasteiger partial charge in [-0.1, -0.05) is 28.9 Å². The van der Waals surface area contributed by atoms with Crippen LogP contribution in [0.2, 0.25) is 5.02 Å². The zero-order chi connectivity index (χ0) is 13.8. The van der Waals surface area contributed by atoms with E-state index in [2.05, 4.69) is 10.1 Å². The summed E-state index contributed by atoms with van der Waals surface area (Å²) in [6, 6.07) is 7.11. The molecule has 7 heteroatoms. The third-order valence-corrected chi connectivity index (χ3v) is 2.60. The van der Waals surface area contributed by atoms with E-state index in [-0.39, 0.29) is 13.1 Å². The minimum Gasteiger partial charge on any atom is -0.480 e. The fourth-order valence-corrected chi connectivity index (χ4v) is 1.77. The maximum absolute atomic E-state index is 10.5. The molecule has 2 rings (SSSR count). The highest BCUT2D eigenvalue weighted by Crippen LogP contribution is 2.20. The Morgan fingerprint density at radius 2 is 2.32 bits per heavy atom. The number of carboxylic acids is 1. The first-order valence-corrected chi connectivity index (χ1v) is 5.91. The topological polar surface area (TPSA) is 79.5 Å². The molecule has 2 aromatic rings. The van der Waals surface area contributed by atoms with Gasteiger partial charge in [-0.25, -0.2) is 0 Å². The minimum atomic E-state index is -0.905. The number of hydrogen-bond donors (Lipinski definition) is 1. The second-order valence-corrected chi connectivity index (χ2v) is 4.52. The van der Waals surface area contributed by atoms with Gasteiger partial charge in [0.25, 0.3) is 0 Å². The normalized spacial score (nSPS) is 10.9. The summed E-state index contributed by atoms with van der Waals surface area (Å²) in [7, 11) is 1.66. The van der Waals surface area contributed by atoms with E-state index in [1.807, 2.05) is 6.07 Å². The molecule has 0 fully saturated rings. The molecule has 0 aliphatic heterocycles. The van der Waals surface area contributed by atoms with Crippen molar-refractivity contribution >= 4 is 17.6 Å². The fourth-order valence-electron chi connectivity index (χ4n) is 1.58. The van der Waals surface area contributed by atoms with Gasteiger partial charge in [0.2, 0.25) is 11.7 Å². The van der Waals surface area contributed by atoms with Crippen molar-refractivity contribution in [2.45, 2.75) is 6.54 Å². The van der Waals surface area contributed by atoms with Crippen molar-refractivity contribution in [2.75, 3.05) is 13.6 Å². The molecular formula is C12H12ClN3O3. The van der Waals surface area contributed by atoms with Gasteiger partial charge in [0.15, 0.2) is 0 Å². The van der Waals surface area contributed by atoms with Gasteiger partial charge in [-0.15, -0.1) is 0 Å². The third kappa shape index (κ3) is 3.77. The molecule has 19 heavy (non-hydrogen) atoms. The van der Waals surface area contributed by atoms with Gasteiger partial charge in [0, 0.05) is 10.6 Å². The lowest BCUT2D eigenvalue weighted by Crippen LogP contribution is -2.25. The van der Waals surface area contributed by atoms with Gasteiger partial charge in [-0.2, -0.15) is 4.98 Å². The van der Waals surface area contributed by atoms with E-state index in [1.165, 1.54) is 0 Å². The molecule has 1 N–H and O–H groups in total. The number of aromatic nitrogens is 2. The summed E-state index contributed by atoms with van der Waals surface area (Å²) in [4.78, 5) is 16.3. The number of hydrogen-bond acceptors (Lipinski definition) is 5. The summed E-state index contributed by atoms with van der Waals surface area (Å²) >= 11 is 5.88. The van der Waals surface area contributed by atoms with Crippen molar-refractivity contribution < 1.29 is 14.4 Å². The molecular weight excluding hydrogens is 270 g/mol. The first-order chi connectivity index (χ1) is 9.04. The molecule has 6 nitrogen and oxygen atoms in total. The monoisotopic (exact) mass is 281 g/mol. The molecule has 0 spiro atoms. The van der Waals surface area contributed by atoms with Gasteiger partial charge in [-0.3, -0.25) is 9.69 Å². The second kappa shape index (κ2) is 5.81. The van der Waals surface area contributed by atoms with Crippen LogP contribution in [0.4, 0.5) is 0 Å². The van der Waals surface area contributed by atoms with E-state index in [0.717, 1.165) is 5.56 Å². The van der Waals surface area contributed by atoms with Crippen LogP contribution in [0.15, 0.2) is 28.8 Å². The number of carboxylic acid groups (broad SMARTS) is 1. The number of halogens is 1. The van der Waals surface area contributed by atoms with Crippen LogP contribution in [0.3, 0.4) is 0 Å². The first-order valence-electron chi connectivity index (χ1n) is 5.53. The lowest BCUT2D eigenvalue weighted by atomic mass is 10.2. The largest absolute Gasteiger partial charge is 0.480 e. The summed E-state index contributed by atoms with van der Waals surface area (Å²) in [5.74, 6) is -0.114. The highest BCUT2D eigenvalue weighted by molar-refractivity contribution is 6.30. The zero-order valence-corrected chi connectivity index (χ0v) is 11.0. The Morgan fingerprint density at radius 1 is 1.53 bits per heavy atom. The molecule has 1 heterocycles. The number of benzene rings is 1. The molecule has 0 saturated carbocycles. The lowest BCUT2D eigenvalue weighted by molar-refractivity contribution is -0.138. The molecule has 1 aromatic heterocycles. The molecule has 1 aromatic carbocycles. The van der Waals surface area contributed by atoms with Crippen LogP contribution in [0, 0.1) is 0 Å². The fraction of sp³-hybridized carbons (Fsp3) is 0.250. The molecule has 0 saturated heterocycles. The van der Waals surface area contributed by atoms with Gasteiger partial charge >= 0.3 is 5.97 Å².